The van der Waals surface area contributed by atoms with Crippen molar-refractivity contribution in [3.63, 3.8) is 0 Å². The summed E-state index contributed by atoms with van der Waals surface area (Å²) in [6.45, 7) is 10.3. The predicted octanol–water partition coefficient (Wildman–Crippen LogP) is 2.70. The highest BCUT2D eigenvalue weighted by atomic mass is 32.2. The zero-order chi connectivity index (χ0) is 6.57. The van der Waals surface area contributed by atoms with Gasteiger partial charge in [-0.2, -0.15) is 11.8 Å². The van der Waals surface area contributed by atoms with Crippen LogP contribution in [0.5, 0.6) is 0 Å². The van der Waals surface area contributed by atoms with Crippen LogP contribution in [0.4, 0.5) is 0 Å². The molecule has 0 bridgehead atoms. The Balaban J connectivity index is 3.23. The smallest absolute Gasteiger partial charge is 0.0198 e. The second kappa shape index (κ2) is 4.02. The summed E-state index contributed by atoms with van der Waals surface area (Å²) in [5.74, 6) is 0. The summed E-state index contributed by atoms with van der Waals surface area (Å²) in [6.07, 6.45) is 1.98. The van der Waals surface area contributed by atoms with Crippen LogP contribution in [-0.2, 0) is 0 Å². The fourth-order valence-corrected chi connectivity index (χ4v) is 1.45. The third-order valence-electron chi connectivity index (χ3n) is 0.819. The summed E-state index contributed by atoms with van der Waals surface area (Å²) >= 11 is 1.94. The summed E-state index contributed by atoms with van der Waals surface area (Å²) in [7, 11) is 0. The van der Waals surface area contributed by atoms with Crippen molar-refractivity contribution in [1.29, 1.82) is 0 Å². The molecule has 0 N–H and O–H groups in total. The maximum atomic E-state index is 3.69. The minimum absolute atomic E-state index is 0.606. The molecule has 0 rings (SSSR count). The van der Waals surface area contributed by atoms with Crippen LogP contribution < -0.4 is 0 Å². The molecule has 48 valence electrons. The Labute approximate surface area is 56.4 Å². The number of thioether (sulfide) groups is 1. The van der Waals surface area contributed by atoms with Gasteiger partial charge in [0.05, 0.1) is 0 Å². The molecular weight excluding hydrogens is 116 g/mol. The Morgan fingerprint density at radius 2 is 1.88 bits per heavy atom. The molecule has 1 atom stereocenters. The van der Waals surface area contributed by atoms with E-state index in [2.05, 4.69) is 27.4 Å². The van der Waals surface area contributed by atoms with Gasteiger partial charge in [-0.1, -0.05) is 19.9 Å². The average molecular weight is 130 g/mol. The molecule has 0 aromatic rings. The standard InChI is InChI=1S/C7H14S/c1-5-7(4)8-6(2)3/h5-7H,1H2,2-4H3. The van der Waals surface area contributed by atoms with E-state index in [9.17, 15) is 0 Å². The number of hydrogen-bond acceptors (Lipinski definition) is 1. The zero-order valence-corrected chi connectivity index (χ0v) is 6.66. The molecule has 0 aliphatic rings. The van der Waals surface area contributed by atoms with Crippen molar-refractivity contribution < 1.29 is 0 Å². The Bertz CT molecular complexity index is 66.8. The normalized spacial score (nSPS) is 14.0. The maximum absolute atomic E-state index is 3.69. The van der Waals surface area contributed by atoms with Gasteiger partial charge in [0.1, 0.15) is 0 Å². The molecule has 0 aromatic heterocycles. The van der Waals surface area contributed by atoms with E-state index >= 15 is 0 Å². The summed E-state index contributed by atoms with van der Waals surface area (Å²) in [5.41, 5.74) is 0. The van der Waals surface area contributed by atoms with Crippen LogP contribution in [0.15, 0.2) is 12.7 Å². The van der Waals surface area contributed by atoms with Crippen molar-refractivity contribution in [2.45, 2.75) is 31.3 Å². The molecule has 1 unspecified atom stereocenters. The SMILES string of the molecule is C=CC(C)SC(C)C. The summed E-state index contributed by atoms with van der Waals surface area (Å²) in [5, 5.41) is 1.33. The van der Waals surface area contributed by atoms with Gasteiger partial charge in [0.15, 0.2) is 0 Å². The van der Waals surface area contributed by atoms with Gasteiger partial charge in [0, 0.05) is 5.25 Å². The highest BCUT2D eigenvalue weighted by Crippen LogP contribution is 2.16. The lowest BCUT2D eigenvalue weighted by molar-refractivity contribution is 1.09. The number of rotatable bonds is 3. The molecular formula is C7H14S. The summed E-state index contributed by atoms with van der Waals surface area (Å²) in [6, 6.07) is 0. The van der Waals surface area contributed by atoms with E-state index in [1.165, 1.54) is 0 Å². The molecule has 8 heavy (non-hydrogen) atoms. The molecule has 0 fully saturated rings. The van der Waals surface area contributed by atoms with Crippen LogP contribution in [0.2, 0.25) is 0 Å². The number of hydrogen-bond donors (Lipinski definition) is 0. The van der Waals surface area contributed by atoms with Crippen LogP contribution in [0.1, 0.15) is 20.8 Å². The molecule has 0 saturated carbocycles. The minimum atomic E-state index is 0.606. The minimum Gasteiger partial charge on any atom is -0.152 e. The van der Waals surface area contributed by atoms with E-state index in [1.807, 2.05) is 17.8 Å². The van der Waals surface area contributed by atoms with Gasteiger partial charge in [-0.05, 0) is 12.2 Å². The van der Waals surface area contributed by atoms with Crippen molar-refractivity contribution in [2.75, 3.05) is 0 Å². The Hall–Kier alpha value is 0.0900. The molecule has 0 spiro atoms. The van der Waals surface area contributed by atoms with Crippen LogP contribution >= 0.6 is 11.8 Å². The van der Waals surface area contributed by atoms with Gasteiger partial charge in [-0.25, -0.2) is 0 Å². The molecule has 0 nitrogen and oxygen atoms in total. The van der Waals surface area contributed by atoms with Crippen molar-refractivity contribution >= 4 is 11.8 Å². The lowest BCUT2D eigenvalue weighted by Gasteiger charge is -2.07. The monoisotopic (exact) mass is 130 g/mol. The van der Waals surface area contributed by atoms with Gasteiger partial charge in [-0.3, -0.25) is 0 Å². The highest BCUT2D eigenvalue weighted by molar-refractivity contribution is 8.00. The average Bonchev–Trinajstić information content (AvgIpc) is 1.65. The van der Waals surface area contributed by atoms with Crippen molar-refractivity contribution in [1.82, 2.24) is 0 Å². The van der Waals surface area contributed by atoms with Crippen molar-refractivity contribution in [2.24, 2.45) is 0 Å². The first-order valence-electron chi connectivity index (χ1n) is 2.95. The Morgan fingerprint density at radius 3 is 2.00 bits per heavy atom. The fraction of sp³-hybridized carbons (Fsp3) is 0.714. The van der Waals surface area contributed by atoms with Crippen LogP contribution in [-0.4, -0.2) is 10.5 Å². The fourth-order valence-electron chi connectivity index (χ4n) is 0.485. The van der Waals surface area contributed by atoms with E-state index in [4.69, 9.17) is 0 Å². The van der Waals surface area contributed by atoms with E-state index in [-0.39, 0.29) is 0 Å². The molecule has 1 heteroatoms. The highest BCUT2D eigenvalue weighted by Gasteiger charge is 1.97. The van der Waals surface area contributed by atoms with Gasteiger partial charge in [0.2, 0.25) is 0 Å². The van der Waals surface area contributed by atoms with Crippen LogP contribution in [0.3, 0.4) is 0 Å². The van der Waals surface area contributed by atoms with Gasteiger partial charge < -0.3 is 0 Å². The molecule has 0 radical (unpaired) electrons. The van der Waals surface area contributed by atoms with Gasteiger partial charge in [0.25, 0.3) is 0 Å². The van der Waals surface area contributed by atoms with E-state index < -0.39 is 0 Å². The van der Waals surface area contributed by atoms with E-state index in [0.29, 0.717) is 5.25 Å². The van der Waals surface area contributed by atoms with Gasteiger partial charge in [-0.15, -0.1) is 6.58 Å². The van der Waals surface area contributed by atoms with Gasteiger partial charge >= 0.3 is 0 Å². The second-order valence-corrected chi connectivity index (χ2v) is 4.08. The van der Waals surface area contributed by atoms with E-state index in [0.717, 1.165) is 5.25 Å². The molecule has 0 aliphatic heterocycles. The largest absolute Gasteiger partial charge is 0.152 e. The van der Waals surface area contributed by atoms with Crippen molar-refractivity contribution in [3.8, 4) is 0 Å². The van der Waals surface area contributed by atoms with E-state index in [1.54, 1.807) is 0 Å². The quantitative estimate of drug-likeness (QED) is 0.529. The van der Waals surface area contributed by atoms with Crippen molar-refractivity contribution in [3.05, 3.63) is 12.7 Å². The lowest BCUT2D eigenvalue weighted by atomic mass is 10.5. The topological polar surface area (TPSA) is 0 Å². The molecule has 0 heterocycles. The third kappa shape index (κ3) is 4.25. The first kappa shape index (κ1) is 8.09. The summed E-state index contributed by atoms with van der Waals surface area (Å²) in [4.78, 5) is 0. The second-order valence-electron chi connectivity index (χ2n) is 2.13. The van der Waals surface area contributed by atoms with Crippen LogP contribution in [0, 0.1) is 0 Å². The zero-order valence-electron chi connectivity index (χ0n) is 5.85. The maximum Gasteiger partial charge on any atom is 0.0198 e. The molecule has 0 aromatic carbocycles. The Morgan fingerprint density at radius 1 is 1.38 bits per heavy atom. The third-order valence-corrected chi connectivity index (χ3v) is 1.98. The van der Waals surface area contributed by atoms with Crippen LogP contribution in [0.25, 0.3) is 0 Å². The lowest BCUT2D eigenvalue weighted by Crippen LogP contribution is -1.95. The molecule has 0 aliphatic carbocycles. The molecule has 0 saturated heterocycles. The molecule has 0 amide bonds. The first-order valence-corrected chi connectivity index (χ1v) is 3.89. The predicted molar refractivity (Wildman–Crippen MR) is 42.4 cm³/mol. The summed E-state index contributed by atoms with van der Waals surface area (Å²) < 4.78 is 0. The first-order chi connectivity index (χ1) is 3.66. The Kier molecular flexibility index (Phi) is 4.06.